The Kier molecular flexibility index (Phi) is 5.51. The molecular formula is C21H22O4. The number of carbonyl (C=O) groups excluding carboxylic acids is 1. The van der Waals surface area contributed by atoms with E-state index in [9.17, 15) is 9.90 Å². The maximum atomic E-state index is 12.3. The fraction of sp³-hybridized carbons (Fsp3) is 0.286. The summed E-state index contributed by atoms with van der Waals surface area (Å²) >= 11 is 0. The molecule has 0 saturated heterocycles. The second kappa shape index (κ2) is 7.99. The maximum absolute atomic E-state index is 12.3. The van der Waals surface area contributed by atoms with Crippen LogP contribution in [0.1, 0.15) is 30.6 Å². The van der Waals surface area contributed by atoms with Crippen LogP contribution in [0.4, 0.5) is 0 Å². The predicted molar refractivity (Wildman–Crippen MR) is 95.1 cm³/mol. The Hall–Kier alpha value is -2.59. The average Bonchev–Trinajstić information content (AvgIpc) is 2.63. The summed E-state index contributed by atoms with van der Waals surface area (Å²) in [6, 6.07) is 19.4. The molecule has 2 aromatic rings. The normalized spacial score (nSPS) is 20.4. The largest absolute Gasteiger partial charge is 0.512 e. The van der Waals surface area contributed by atoms with Crippen LogP contribution < -0.4 is 0 Å². The molecule has 0 unspecified atom stereocenters. The summed E-state index contributed by atoms with van der Waals surface area (Å²) in [7, 11) is 0. The van der Waals surface area contributed by atoms with E-state index in [2.05, 4.69) is 0 Å². The Labute approximate surface area is 147 Å². The van der Waals surface area contributed by atoms with E-state index in [1.54, 1.807) is 6.92 Å². The van der Waals surface area contributed by atoms with Crippen LogP contribution in [0, 0.1) is 0 Å². The van der Waals surface area contributed by atoms with E-state index in [-0.39, 0.29) is 24.0 Å². The lowest BCUT2D eigenvalue weighted by Gasteiger charge is -2.31. The number of ether oxygens (including phenoxy) is 2. The highest BCUT2D eigenvalue weighted by Gasteiger charge is 2.36. The Morgan fingerprint density at radius 3 is 2.40 bits per heavy atom. The molecule has 1 aliphatic rings. The van der Waals surface area contributed by atoms with Crippen molar-refractivity contribution in [2.75, 3.05) is 6.61 Å². The Bertz CT molecular complexity index is 737. The predicted octanol–water partition coefficient (Wildman–Crippen LogP) is 4.13. The molecule has 0 aliphatic carbocycles. The lowest BCUT2D eigenvalue weighted by atomic mass is 9.93. The Morgan fingerprint density at radius 2 is 1.76 bits per heavy atom. The monoisotopic (exact) mass is 338 g/mol. The molecule has 25 heavy (non-hydrogen) atoms. The quantitative estimate of drug-likeness (QED) is 0.833. The minimum absolute atomic E-state index is 0.0551. The summed E-state index contributed by atoms with van der Waals surface area (Å²) in [6.07, 6.45) is 0.143. The van der Waals surface area contributed by atoms with Crippen molar-refractivity contribution < 1.29 is 19.4 Å². The third-order valence-electron chi connectivity index (χ3n) is 4.23. The van der Waals surface area contributed by atoms with Crippen LogP contribution in [0.25, 0.3) is 0 Å². The van der Waals surface area contributed by atoms with Crippen molar-refractivity contribution >= 4 is 5.97 Å². The van der Waals surface area contributed by atoms with E-state index in [1.807, 2.05) is 60.7 Å². The molecule has 0 amide bonds. The van der Waals surface area contributed by atoms with Crippen LogP contribution in [-0.2, 0) is 20.7 Å². The molecule has 2 atom stereocenters. The smallest absolute Gasteiger partial charge is 0.340 e. The molecular weight excluding hydrogens is 316 g/mol. The Morgan fingerprint density at radius 1 is 1.12 bits per heavy atom. The van der Waals surface area contributed by atoms with Gasteiger partial charge in [-0.05, 0) is 24.5 Å². The fourth-order valence-electron chi connectivity index (χ4n) is 3.09. The molecule has 0 bridgehead atoms. The number of rotatable bonds is 5. The van der Waals surface area contributed by atoms with Crippen LogP contribution in [-0.4, -0.2) is 23.8 Å². The third kappa shape index (κ3) is 4.09. The number of hydrogen-bond donors (Lipinski definition) is 1. The summed E-state index contributed by atoms with van der Waals surface area (Å²) in [5, 5.41) is 10.5. The second-order valence-electron chi connectivity index (χ2n) is 6.02. The highest BCUT2D eigenvalue weighted by Crippen LogP contribution is 2.37. The molecule has 1 heterocycles. The zero-order chi connectivity index (χ0) is 17.6. The number of aliphatic hydroxyl groups excluding tert-OH is 1. The summed E-state index contributed by atoms with van der Waals surface area (Å²) in [4.78, 5) is 12.3. The molecule has 0 fully saturated rings. The highest BCUT2D eigenvalue weighted by atomic mass is 16.5. The molecule has 0 saturated carbocycles. The molecule has 1 aliphatic heterocycles. The van der Waals surface area contributed by atoms with Gasteiger partial charge in [0.2, 0.25) is 0 Å². The van der Waals surface area contributed by atoms with Gasteiger partial charge < -0.3 is 14.6 Å². The van der Waals surface area contributed by atoms with Crippen LogP contribution in [0.15, 0.2) is 72.0 Å². The van der Waals surface area contributed by atoms with E-state index in [0.717, 1.165) is 11.1 Å². The first kappa shape index (κ1) is 17.2. The van der Waals surface area contributed by atoms with E-state index in [1.165, 1.54) is 0 Å². The molecule has 4 nitrogen and oxygen atoms in total. The first-order chi connectivity index (χ1) is 12.2. The molecule has 0 spiro atoms. The fourth-order valence-corrected chi connectivity index (χ4v) is 3.09. The number of aliphatic hydroxyl groups is 1. The minimum atomic E-state index is -0.622. The minimum Gasteiger partial charge on any atom is -0.512 e. The number of benzene rings is 2. The van der Waals surface area contributed by atoms with Gasteiger partial charge in [-0.15, -0.1) is 0 Å². The summed E-state index contributed by atoms with van der Waals surface area (Å²) in [6.45, 7) is 2.00. The van der Waals surface area contributed by atoms with Gasteiger partial charge in [0.25, 0.3) is 0 Å². The molecule has 3 rings (SSSR count). The van der Waals surface area contributed by atoms with Crippen LogP contribution in [0.2, 0.25) is 0 Å². The average molecular weight is 338 g/mol. The van der Waals surface area contributed by atoms with Gasteiger partial charge >= 0.3 is 5.97 Å². The van der Waals surface area contributed by atoms with Crippen molar-refractivity contribution in [3.05, 3.63) is 83.1 Å². The van der Waals surface area contributed by atoms with Crippen molar-refractivity contribution in [2.45, 2.75) is 32.0 Å². The van der Waals surface area contributed by atoms with Gasteiger partial charge in [-0.25, -0.2) is 4.79 Å². The molecule has 0 radical (unpaired) electrons. The lowest BCUT2D eigenvalue weighted by Crippen LogP contribution is -2.31. The van der Waals surface area contributed by atoms with Gasteiger partial charge in [0, 0.05) is 6.42 Å². The number of esters is 1. The number of hydrogen-bond acceptors (Lipinski definition) is 4. The van der Waals surface area contributed by atoms with Gasteiger partial charge in [0.1, 0.15) is 17.4 Å². The third-order valence-corrected chi connectivity index (χ3v) is 4.23. The SMILES string of the molecule is CCOC(=O)C1=C(O)C[C@H](Cc2ccccc2)O[C@@H]1c1ccccc1. The van der Waals surface area contributed by atoms with E-state index >= 15 is 0 Å². The molecule has 4 heteroatoms. The molecule has 1 N–H and O–H groups in total. The molecule has 2 aromatic carbocycles. The van der Waals surface area contributed by atoms with Gasteiger partial charge in [-0.1, -0.05) is 60.7 Å². The molecule has 0 aromatic heterocycles. The van der Waals surface area contributed by atoms with Crippen molar-refractivity contribution in [3.8, 4) is 0 Å². The lowest BCUT2D eigenvalue weighted by molar-refractivity contribution is -0.142. The summed E-state index contributed by atoms with van der Waals surface area (Å²) in [5.74, 6) is -0.466. The van der Waals surface area contributed by atoms with Gasteiger partial charge in [-0.2, -0.15) is 0 Å². The van der Waals surface area contributed by atoms with Crippen molar-refractivity contribution in [2.24, 2.45) is 0 Å². The first-order valence-electron chi connectivity index (χ1n) is 8.52. The summed E-state index contributed by atoms with van der Waals surface area (Å²) in [5.41, 5.74) is 2.17. The first-order valence-corrected chi connectivity index (χ1v) is 8.52. The van der Waals surface area contributed by atoms with E-state index in [4.69, 9.17) is 9.47 Å². The zero-order valence-electron chi connectivity index (χ0n) is 14.2. The molecule has 130 valence electrons. The van der Waals surface area contributed by atoms with Crippen molar-refractivity contribution in [3.63, 3.8) is 0 Å². The van der Waals surface area contributed by atoms with Crippen LogP contribution in [0.3, 0.4) is 0 Å². The van der Waals surface area contributed by atoms with Gasteiger partial charge in [0.05, 0.1) is 12.7 Å². The maximum Gasteiger partial charge on any atom is 0.340 e. The van der Waals surface area contributed by atoms with E-state index in [0.29, 0.717) is 12.8 Å². The van der Waals surface area contributed by atoms with Crippen molar-refractivity contribution in [1.82, 2.24) is 0 Å². The van der Waals surface area contributed by atoms with E-state index < -0.39 is 12.1 Å². The zero-order valence-corrected chi connectivity index (χ0v) is 14.2. The standard InChI is InChI=1S/C21H22O4/c1-2-24-21(23)19-18(22)14-17(13-15-9-5-3-6-10-15)25-20(19)16-11-7-4-8-12-16/h3-12,17,20,22H,2,13-14H2,1H3/t17-,20+/m0/s1. The topological polar surface area (TPSA) is 55.8 Å². The van der Waals surface area contributed by atoms with Crippen LogP contribution in [0.5, 0.6) is 0 Å². The number of carbonyl (C=O) groups is 1. The van der Waals surface area contributed by atoms with Crippen molar-refractivity contribution in [1.29, 1.82) is 0 Å². The second-order valence-corrected chi connectivity index (χ2v) is 6.02. The summed E-state index contributed by atoms with van der Waals surface area (Å²) < 4.78 is 11.3. The van der Waals surface area contributed by atoms with Gasteiger partial charge in [-0.3, -0.25) is 0 Å². The Balaban J connectivity index is 1.90. The highest BCUT2D eigenvalue weighted by molar-refractivity contribution is 5.90. The van der Waals surface area contributed by atoms with Crippen LogP contribution >= 0.6 is 0 Å². The van der Waals surface area contributed by atoms with Gasteiger partial charge in [0.15, 0.2) is 0 Å².